The van der Waals surface area contributed by atoms with Crippen LogP contribution < -0.4 is 9.47 Å². The molecule has 16 heteroatoms. The molecule has 0 amide bonds. The van der Waals surface area contributed by atoms with Crippen LogP contribution in [0.1, 0.15) is 96.5 Å². The molecule has 4 aliphatic heterocycles. The molecule has 0 radical (unpaired) electrons. The van der Waals surface area contributed by atoms with Crippen molar-refractivity contribution in [2.75, 3.05) is 92.1 Å². The topological polar surface area (TPSA) is 112 Å². The van der Waals surface area contributed by atoms with Gasteiger partial charge in [-0.25, -0.2) is 17.6 Å². The lowest BCUT2D eigenvalue weighted by Gasteiger charge is -2.43. The minimum atomic E-state index is -3.22. The number of alkyl halides is 6. The first-order chi connectivity index (χ1) is 33.4. The van der Waals surface area contributed by atoms with E-state index in [0.29, 0.717) is 37.6 Å². The van der Waals surface area contributed by atoms with Crippen LogP contribution in [0.25, 0.3) is 0 Å². The van der Waals surface area contributed by atoms with Gasteiger partial charge in [-0.15, -0.1) is 0 Å². The maximum Gasteiger partial charge on any atom is 0.283 e. The Balaban J connectivity index is 0.000000206. The number of halogens is 6. The average Bonchev–Trinajstić information content (AvgIpc) is 3.31. The largest absolute Gasteiger partial charge is 0.492 e. The van der Waals surface area contributed by atoms with Crippen LogP contribution in [-0.2, 0) is 12.8 Å². The molecular formula is C54H70F6N4O6. The number of hydrogen-bond donors (Lipinski definition) is 4. The van der Waals surface area contributed by atoms with Gasteiger partial charge in [-0.1, -0.05) is 60.7 Å². The molecule has 4 aromatic carbocycles. The third-order valence-corrected chi connectivity index (χ3v) is 14.3. The number of fused-ring (bicyclic) bond motifs is 2. The maximum atomic E-state index is 14.3. The van der Waals surface area contributed by atoms with Crippen molar-refractivity contribution in [3.63, 3.8) is 0 Å². The molecule has 0 unspecified atom stereocenters. The summed E-state index contributed by atoms with van der Waals surface area (Å²) in [5.74, 6) is -4.76. The van der Waals surface area contributed by atoms with Crippen molar-refractivity contribution < 1.29 is 56.2 Å². The van der Waals surface area contributed by atoms with E-state index in [1.165, 1.54) is 0 Å². The van der Waals surface area contributed by atoms with Gasteiger partial charge in [0, 0.05) is 63.2 Å². The summed E-state index contributed by atoms with van der Waals surface area (Å²) >= 11 is 0. The van der Waals surface area contributed by atoms with Crippen LogP contribution in [0.15, 0.2) is 84.9 Å². The zero-order chi connectivity index (χ0) is 50.3. The lowest BCUT2D eigenvalue weighted by atomic mass is 9.83. The number of aliphatic hydroxyl groups is 4. The molecule has 0 saturated carbocycles. The molecule has 384 valence electrons. The van der Waals surface area contributed by atoms with Crippen LogP contribution in [-0.4, -0.2) is 156 Å². The van der Waals surface area contributed by atoms with E-state index in [2.05, 4.69) is 9.80 Å². The number of benzene rings is 4. The van der Waals surface area contributed by atoms with E-state index in [9.17, 15) is 46.8 Å². The monoisotopic (exact) mass is 985 g/mol. The van der Waals surface area contributed by atoms with Crippen molar-refractivity contribution in [2.24, 2.45) is 11.8 Å². The minimum Gasteiger partial charge on any atom is -0.492 e. The van der Waals surface area contributed by atoms with Crippen LogP contribution in [0.4, 0.5) is 26.3 Å². The van der Waals surface area contributed by atoms with Crippen LogP contribution in [0.3, 0.4) is 0 Å². The second-order valence-corrected chi connectivity index (χ2v) is 19.9. The standard InChI is InChI=1S/2C27H35F3N2O3/c2*1-18-11-23-12-22(19(2)34)5-8-25(23)26(32(18)16-27(29,30)17-33)21-3-6-24(7-4-21)35-10-9-31-14-20(13-28)15-31/h2*3-8,12,18-20,26,33-34H,9-11,13-17H2,1-2H3/t18-,19+,26-;18-,19-,26-/m00/s1. The summed E-state index contributed by atoms with van der Waals surface area (Å²) in [5.41, 5.74) is 7.23. The highest BCUT2D eigenvalue weighted by molar-refractivity contribution is 5.46. The highest BCUT2D eigenvalue weighted by Crippen LogP contribution is 2.42. The Labute approximate surface area is 408 Å². The number of likely N-dealkylation sites (tertiary alicyclic amines) is 2. The third kappa shape index (κ3) is 13.2. The SMILES string of the molecule is C[C@@H](O)c1ccc2c(c1)C[C@H](C)N(CC(F)(F)CO)[C@H]2c1ccc(OCCN2CC(CF)C2)cc1.C[C@H](O)c1ccc2c(c1)C[C@H](C)N(CC(F)(F)CO)[C@H]2c1ccc(OCCN2CC(CF)C2)cc1. The Hall–Kier alpha value is -4.26. The number of aliphatic hydroxyl groups excluding tert-OH is 4. The molecule has 10 nitrogen and oxygen atoms in total. The molecule has 4 heterocycles. The van der Waals surface area contributed by atoms with Gasteiger partial charge in [-0.2, -0.15) is 0 Å². The van der Waals surface area contributed by atoms with Crippen LogP contribution in [0.5, 0.6) is 11.5 Å². The van der Waals surface area contributed by atoms with Crippen molar-refractivity contribution in [2.45, 2.75) is 88.8 Å². The van der Waals surface area contributed by atoms with Gasteiger partial charge < -0.3 is 29.9 Å². The first-order valence-electron chi connectivity index (χ1n) is 24.5. The fourth-order valence-electron chi connectivity index (χ4n) is 10.3. The molecular weight excluding hydrogens is 915 g/mol. The van der Waals surface area contributed by atoms with Crippen LogP contribution in [0, 0.1) is 11.8 Å². The van der Waals surface area contributed by atoms with Gasteiger partial charge >= 0.3 is 0 Å². The lowest BCUT2D eigenvalue weighted by molar-refractivity contribution is -0.0864. The van der Waals surface area contributed by atoms with E-state index < -0.39 is 62.4 Å². The van der Waals surface area contributed by atoms with Crippen molar-refractivity contribution in [3.8, 4) is 11.5 Å². The van der Waals surface area contributed by atoms with Gasteiger partial charge in [0.1, 0.15) is 37.9 Å². The van der Waals surface area contributed by atoms with Crippen molar-refractivity contribution >= 4 is 0 Å². The molecule has 2 saturated heterocycles. The van der Waals surface area contributed by atoms with Gasteiger partial charge in [0.15, 0.2) is 0 Å². The minimum absolute atomic E-state index is 0.146. The summed E-state index contributed by atoms with van der Waals surface area (Å²) in [7, 11) is 0. The fraction of sp³-hybridized carbons (Fsp3) is 0.556. The van der Waals surface area contributed by atoms with E-state index in [1.807, 2.05) is 98.8 Å². The zero-order valence-corrected chi connectivity index (χ0v) is 40.7. The molecule has 0 aromatic heterocycles. The predicted molar refractivity (Wildman–Crippen MR) is 257 cm³/mol. The molecule has 8 rings (SSSR count). The molecule has 0 spiro atoms. The van der Waals surface area contributed by atoms with Crippen LogP contribution in [0.2, 0.25) is 0 Å². The first-order valence-corrected chi connectivity index (χ1v) is 24.5. The van der Waals surface area contributed by atoms with Gasteiger partial charge in [-0.05, 0) is 109 Å². The number of nitrogens with zero attached hydrogens (tertiary/aromatic N) is 4. The molecule has 2 fully saturated rings. The second kappa shape index (κ2) is 23.5. The lowest BCUT2D eigenvalue weighted by Crippen LogP contribution is -2.49. The second-order valence-electron chi connectivity index (χ2n) is 19.9. The molecule has 4 N–H and O–H groups in total. The zero-order valence-electron chi connectivity index (χ0n) is 40.7. The Morgan fingerprint density at radius 1 is 0.571 bits per heavy atom. The van der Waals surface area contributed by atoms with Gasteiger partial charge in [0.05, 0.1) is 50.7 Å². The fourth-order valence-corrected chi connectivity index (χ4v) is 10.3. The molecule has 4 aliphatic rings. The normalized spacial score (nSPS) is 22.5. The summed E-state index contributed by atoms with van der Waals surface area (Å²) in [6, 6.07) is 25.2. The summed E-state index contributed by atoms with van der Waals surface area (Å²) in [5, 5.41) is 38.5. The maximum absolute atomic E-state index is 14.3. The first kappa shape index (κ1) is 53.5. The summed E-state index contributed by atoms with van der Waals surface area (Å²) in [6.45, 7) is 8.73. The van der Waals surface area contributed by atoms with Gasteiger partial charge in [-0.3, -0.25) is 28.4 Å². The highest BCUT2D eigenvalue weighted by atomic mass is 19.3. The number of rotatable bonds is 20. The summed E-state index contributed by atoms with van der Waals surface area (Å²) < 4.78 is 94.2. The molecule has 4 aromatic rings. The Bertz CT molecular complexity index is 2120. The summed E-state index contributed by atoms with van der Waals surface area (Å²) in [4.78, 5) is 7.81. The van der Waals surface area contributed by atoms with Crippen molar-refractivity contribution in [1.82, 2.24) is 19.6 Å². The van der Waals surface area contributed by atoms with Crippen molar-refractivity contribution in [1.29, 1.82) is 0 Å². The third-order valence-electron chi connectivity index (χ3n) is 14.3. The number of hydrogen-bond acceptors (Lipinski definition) is 10. The molecule has 0 aliphatic carbocycles. The van der Waals surface area contributed by atoms with E-state index in [-0.39, 0.29) is 37.3 Å². The number of ether oxygens (including phenoxy) is 2. The van der Waals surface area contributed by atoms with E-state index in [1.54, 1.807) is 23.6 Å². The van der Waals surface area contributed by atoms with E-state index in [4.69, 9.17) is 9.47 Å². The smallest absolute Gasteiger partial charge is 0.283 e. The molecule has 6 atom stereocenters. The Morgan fingerprint density at radius 3 is 1.24 bits per heavy atom. The molecule has 70 heavy (non-hydrogen) atoms. The van der Waals surface area contributed by atoms with Gasteiger partial charge in [0.25, 0.3) is 11.8 Å². The quantitative estimate of drug-likeness (QED) is 0.0652. The summed E-state index contributed by atoms with van der Waals surface area (Å²) in [6.07, 6.45) is -0.0632. The predicted octanol–water partition coefficient (Wildman–Crippen LogP) is 7.97. The average molecular weight is 985 g/mol. The Morgan fingerprint density at radius 2 is 0.929 bits per heavy atom. The van der Waals surface area contributed by atoms with Crippen LogP contribution >= 0.6 is 0 Å². The highest BCUT2D eigenvalue weighted by Gasteiger charge is 2.42. The molecule has 0 bridgehead atoms. The van der Waals surface area contributed by atoms with Gasteiger partial charge in [0.2, 0.25) is 0 Å². The Kier molecular flexibility index (Phi) is 18.0. The van der Waals surface area contributed by atoms with E-state index >= 15 is 0 Å². The van der Waals surface area contributed by atoms with E-state index in [0.717, 1.165) is 83.8 Å². The van der Waals surface area contributed by atoms with Crippen molar-refractivity contribution in [3.05, 3.63) is 129 Å².